The summed E-state index contributed by atoms with van der Waals surface area (Å²) in [5.41, 5.74) is 2.48. The number of hydrogen-bond acceptors (Lipinski definition) is 4. The Bertz CT molecular complexity index is 456. The second kappa shape index (κ2) is 3.83. The molecule has 0 aliphatic heterocycles. The minimum Gasteiger partial charge on any atom is -0.390 e. The molecule has 0 fully saturated rings. The van der Waals surface area contributed by atoms with E-state index in [0.717, 1.165) is 16.7 Å². The van der Waals surface area contributed by atoms with Gasteiger partial charge in [0.2, 0.25) is 0 Å². The second-order valence-corrected chi connectivity index (χ2v) is 2.75. The van der Waals surface area contributed by atoms with Crippen molar-refractivity contribution in [3.05, 3.63) is 36.2 Å². The molecule has 2 rings (SSSR count). The number of benzene rings is 1. The number of oxime groups is 1. The molecule has 0 amide bonds. The van der Waals surface area contributed by atoms with Crippen molar-refractivity contribution in [3.63, 3.8) is 0 Å². The van der Waals surface area contributed by atoms with Gasteiger partial charge in [0.1, 0.15) is 0 Å². The molecule has 0 aliphatic carbocycles. The van der Waals surface area contributed by atoms with Crippen LogP contribution in [0.25, 0.3) is 11.0 Å². The van der Waals surface area contributed by atoms with E-state index in [1.807, 2.05) is 24.3 Å². The van der Waals surface area contributed by atoms with Crippen LogP contribution >= 0.6 is 0 Å². The number of hydrogen-bond donors (Lipinski definition) is 0. The molecule has 4 heteroatoms. The van der Waals surface area contributed by atoms with Crippen LogP contribution in [0.2, 0.25) is 0 Å². The van der Waals surface area contributed by atoms with Crippen molar-refractivity contribution in [2.45, 2.75) is 6.61 Å². The van der Waals surface area contributed by atoms with E-state index in [1.165, 1.54) is 0 Å². The standard InChI is InChI=1S/C10H9N3O/c1-11-14-7-8-6-12-9-4-2-3-5-10(9)13-8/h2-6H,1,7H2. The van der Waals surface area contributed by atoms with Crippen molar-refractivity contribution < 1.29 is 4.84 Å². The van der Waals surface area contributed by atoms with E-state index < -0.39 is 0 Å². The molecule has 0 radical (unpaired) electrons. The van der Waals surface area contributed by atoms with Gasteiger partial charge in [0.25, 0.3) is 0 Å². The third-order valence-corrected chi connectivity index (χ3v) is 1.80. The molecule has 14 heavy (non-hydrogen) atoms. The minimum atomic E-state index is 0.307. The Balaban J connectivity index is 2.36. The summed E-state index contributed by atoms with van der Waals surface area (Å²) in [6, 6.07) is 7.68. The van der Waals surface area contributed by atoms with E-state index in [1.54, 1.807) is 6.20 Å². The fraction of sp³-hybridized carbons (Fsp3) is 0.100. The molecule has 0 atom stereocenters. The molecular formula is C10H9N3O. The van der Waals surface area contributed by atoms with Crippen LogP contribution in [0.4, 0.5) is 0 Å². The van der Waals surface area contributed by atoms with Crippen molar-refractivity contribution >= 4 is 17.8 Å². The smallest absolute Gasteiger partial charge is 0.160 e. The largest absolute Gasteiger partial charge is 0.390 e. The van der Waals surface area contributed by atoms with Gasteiger partial charge in [0.05, 0.1) is 22.9 Å². The fourth-order valence-corrected chi connectivity index (χ4v) is 1.18. The zero-order valence-corrected chi connectivity index (χ0v) is 7.55. The molecular weight excluding hydrogens is 178 g/mol. The molecule has 1 aromatic heterocycles. The summed E-state index contributed by atoms with van der Waals surface area (Å²) in [6.45, 7) is 3.52. The van der Waals surface area contributed by atoms with Gasteiger partial charge in [-0.05, 0) is 12.1 Å². The lowest BCUT2D eigenvalue weighted by Crippen LogP contribution is -1.93. The first-order chi connectivity index (χ1) is 6.90. The third-order valence-electron chi connectivity index (χ3n) is 1.80. The first-order valence-corrected chi connectivity index (χ1v) is 4.19. The SMILES string of the molecule is C=NOCc1cnc2ccccc2n1. The molecule has 1 aromatic carbocycles. The Kier molecular flexibility index (Phi) is 2.36. The summed E-state index contributed by atoms with van der Waals surface area (Å²) in [5, 5.41) is 3.29. The van der Waals surface area contributed by atoms with E-state index in [2.05, 4.69) is 21.8 Å². The van der Waals surface area contributed by atoms with Gasteiger partial charge in [-0.25, -0.2) is 4.98 Å². The molecule has 0 aliphatic rings. The molecule has 0 unspecified atom stereocenters. The lowest BCUT2D eigenvalue weighted by atomic mass is 10.3. The number of fused-ring (bicyclic) bond motifs is 1. The number of nitrogens with zero attached hydrogens (tertiary/aromatic N) is 3. The zero-order chi connectivity index (χ0) is 9.80. The highest BCUT2D eigenvalue weighted by Crippen LogP contribution is 2.08. The van der Waals surface area contributed by atoms with Crippen molar-refractivity contribution in [2.24, 2.45) is 5.16 Å². The van der Waals surface area contributed by atoms with Crippen LogP contribution in [-0.2, 0) is 11.4 Å². The van der Waals surface area contributed by atoms with Gasteiger partial charge in [0, 0.05) is 6.72 Å². The normalized spacial score (nSPS) is 10.0. The maximum atomic E-state index is 4.78. The number of aromatic nitrogens is 2. The fourth-order valence-electron chi connectivity index (χ4n) is 1.18. The van der Waals surface area contributed by atoms with Crippen molar-refractivity contribution in [2.75, 3.05) is 0 Å². The van der Waals surface area contributed by atoms with Gasteiger partial charge in [0.15, 0.2) is 6.61 Å². The van der Waals surface area contributed by atoms with E-state index in [-0.39, 0.29) is 0 Å². The molecule has 70 valence electrons. The van der Waals surface area contributed by atoms with Gasteiger partial charge in [-0.3, -0.25) is 4.98 Å². The first-order valence-electron chi connectivity index (χ1n) is 4.19. The number of rotatable bonds is 3. The predicted octanol–water partition coefficient (Wildman–Crippen LogP) is 1.76. The average molecular weight is 187 g/mol. The van der Waals surface area contributed by atoms with Crippen LogP contribution in [0.5, 0.6) is 0 Å². The first kappa shape index (κ1) is 8.62. The van der Waals surface area contributed by atoms with Crippen LogP contribution in [0.3, 0.4) is 0 Å². The molecule has 0 N–H and O–H groups in total. The van der Waals surface area contributed by atoms with E-state index >= 15 is 0 Å². The summed E-state index contributed by atoms with van der Waals surface area (Å²) < 4.78 is 0. The van der Waals surface area contributed by atoms with Crippen LogP contribution in [0.15, 0.2) is 35.6 Å². The Morgan fingerprint density at radius 1 is 1.29 bits per heavy atom. The molecule has 0 bridgehead atoms. The summed E-state index contributed by atoms with van der Waals surface area (Å²) in [4.78, 5) is 13.3. The van der Waals surface area contributed by atoms with Gasteiger partial charge in [-0.2, -0.15) is 0 Å². The van der Waals surface area contributed by atoms with Crippen LogP contribution in [0.1, 0.15) is 5.69 Å². The molecule has 2 aromatic rings. The van der Waals surface area contributed by atoms with Crippen LogP contribution in [-0.4, -0.2) is 16.7 Å². The molecule has 0 saturated heterocycles. The quantitative estimate of drug-likeness (QED) is 0.543. The topological polar surface area (TPSA) is 47.4 Å². The lowest BCUT2D eigenvalue weighted by molar-refractivity contribution is 0.130. The summed E-state index contributed by atoms with van der Waals surface area (Å²) >= 11 is 0. The third kappa shape index (κ3) is 1.69. The summed E-state index contributed by atoms with van der Waals surface area (Å²) in [6.07, 6.45) is 1.67. The highest BCUT2D eigenvalue weighted by molar-refractivity contribution is 5.73. The molecule has 1 heterocycles. The highest BCUT2D eigenvalue weighted by Gasteiger charge is 1.98. The zero-order valence-electron chi connectivity index (χ0n) is 7.55. The lowest BCUT2D eigenvalue weighted by Gasteiger charge is -2.00. The number of para-hydroxylation sites is 2. The molecule has 0 saturated carbocycles. The summed E-state index contributed by atoms with van der Waals surface area (Å²) in [7, 11) is 0. The monoisotopic (exact) mass is 187 g/mol. The molecule has 0 spiro atoms. The van der Waals surface area contributed by atoms with Gasteiger partial charge in [-0.15, -0.1) is 5.16 Å². The van der Waals surface area contributed by atoms with Gasteiger partial charge < -0.3 is 4.84 Å². The Morgan fingerprint density at radius 3 is 2.86 bits per heavy atom. The Labute approximate surface area is 81.2 Å². The Morgan fingerprint density at radius 2 is 2.07 bits per heavy atom. The van der Waals surface area contributed by atoms with Crippen LogP contribution in [0, 0.1) is 0 Å². The van der Waals surface area contributed by atoms with E-state index in [4.69, 9.17) is 4.84 Å². The van der Waals surface area contributed by atoms with E-state index in [9.17, 15) is 0 Å². The molecule has 4 nitrogen and oxygen atoms in total. The van der Waals surface area contributed by atoms with Crippen LogP contribution < -0.4 is 0 Å². The summed E-state index contributed by atoms with van der Waals surface area (Å²) in [5.74, 6) is 0. The van der Waals surface area contributed by atoms with Gasteiger partial charge >= 0.3 is 0 Å². The van der Waals surface area contributed by atoms with Crippen molar-refractivity contribution in [3.8, 4) is 0 Å². The van der Waals surface area contributed by atoms with Crippen molar-refractivity contribution in [1.29, 1.82) is 0 Å². The minimum absolute atomic E-state index is 0.307. The second-order valence-electron chi connectivity index (χ2n) is 2.75. The average Bonchev–Trinajstić information content (AvgIpc) is 2.26. The van der Waals surface area contributed by atoms with Gasteiger partial charge in [-0.1, -0.05) is 12.1 Å². The predicted molar refractivity (Wildman–Crippen MR) is 53.9 cm³/mol. The van der Waals surface area contributed by atoms with Crippen molar-refractivity contribution in [1.82, 2.24) is 9.97 Å². The Hall–Kier alpha value is -1.97. The maximum absolute atomic E-state index is 4.78. The highest BCUT2D eigenvalue weighted by atomic mass is 16.6. The van der Waals surface area contributed by atoms with E-state index in [0.29, 0.717) is 6.61 Å². The maximum Gasteiger partial charge on any atom is 0.160 e.